The molecule has 1 aromatic heterocycles. The van der Waals surface area contributed by atoms with E-state index in [-0.39, 0.29) is 11.4 Å². The molecular formula is C13H17ClN2O2. The molecule has 98 valence electrons. The number of halogens is 1. The van der Waals surface area contributed by atoms with Crippen molar-refractivity contribution in [1.29, 1.82) is 0 Å². The topological polar surface area (TPSA) is 51.2 Å². The normalized spacial score (nSPS) is 18.3. The van der Waals surface area contributed by atoms with Gasteiger partial charge >= 0.3 is 0 Å². The minimum absolute atomic E-state index is 0.117. The summed E-state index contributed by atoms with van der Waals surface area (Å²) in [6.45, 7) is 3.19. The van der Waals surface area contributed by atoms with Crippen LogP contribution in [0.1, 0.15) is 28.8 Å². The molecule has 1 aliphatic rings. The van der Waals surface area contributed by atoms with Crippen LogP contribution in [-0.2, 0) is 4.74 Å². The van der Waals surface area contributed by atoms with Gasteiger partial charge in [0.05, 0.1) is 11.1 Å². The quantitative estimate of drug-likeness (QED) is 0.852. The smallest absolute Gasteiger partial charge is 0.253 e. The van der Waals surface area contributed by atoms with Crippen molar-refractivity contribution >= 4 is 17.5 Å². The second-order valence-corrected chi connectivity index (χ2v) is 5.00. The summed E-state index contributed by atoms with van der Waals surface area (Å²) in [6, 6.07) is 1.82. The summed E-state index contributed by atoms with van der Waals surface area (Å²) >= 11 is 6.01. The predicted molar refractivity (Wildman–Crippen MR) is 69.9 cm³/mol. The molecule has 1 aliphatic heterocycles. The summed E-state index contributed by atoms with van der Waals surface area (Å²) in [5.41, 5.74) is 1.20. The molecule has 5 heteroatoms. The highest BCUT2D eigenvalue weighted by molar-refractivity contribution is 6.19. The van der Waals surface area contributed by atoms with E-state index in [1.165, 1.54) is 0 Å². The maximum atomic E-state index is 12.2. The number of alkyl halides is 1. The summed E-state index contributed by atoms with van der Waals surface area (Å²) in [5.74, 6) is 0.287. The van der Waals surface area contributed by atoms with Gasteiger partial charge in [-0.05, 0) is 31.4 Å². The monoisotopic (exact) mass is 268 g/mol. The number of carbonyl (C=O) groups is 1. The molecule has 4 nitrogen and oxygen atoms in total. The molecule has 1 amide bonds. The molecule has 1 N–H and O–H groups in total. The molecule has 0 aliphatic carbocycles. The minimum Gasteiger partial charge on any atom is -0.381 e. The number of amides is 1. The minimum atomic E-state index is -0.347. The summed E-state index contributed by atoms with van der Waals surface area (Å²) in [5, 5.41) is 3.03. The molecule has 0 spiro atoms. The number of nitrogens with zero attached hydrogens (tertiary/aromatic N) is 1. The Morgan fingerprint density at radius 1 is 1.50 bits per heavy atom. The van der Waals surface area contributed by atoms with Crippen molar-refractivity contribution in [1.82, 2.24) is 10.3 Å². The Hall–Kier alpha value is -1.13. The Labute approximate surface area is 112 Å². The van der Waals surface area contributed by atoms with E-state index < -0.39 is 0 Å². The van der Waals surface area contributed by atoms with Crippen LogP contribution in [0, 0.1) is 6.92 Å². The third-order valence-electron chi connectivity index (χ3n) is 3.22. The van der Waals surface area contributed by atoms with Gasteiger partial charge in [0.25, 0.3) is 5.91 Å². The van der Waals surface area contributed by atoms with Crippen LogP contribution in [0.2, 0.25) is 0 Å². The Kier molecular flexibility index (Phi) is 4.19. The maximum absolute atomic E-state index is 12.2. The SMILES string of the molecule is Cc1cncc(C(=O)NC2(CCl)CCOCC2)c1. The average Bonchev–Trinajstić information content (AvgIpc) is 2.40. The van der Waals surface area contributed by atoms with E-state index in [9.17, 15) is 4.79 Å². The highest BCUT2D eigenvalue weighted by Gasteiger charge is 2.33. The molecule has 2 heterocycles. The van der Waals surface area contributed by atoms with Gasteiger partial charge in [-0.25, -0.2) is 0 Å². The Balaban J connectivity index is 2.10. The lowest BCUT2D eigenvalue weighted by Gasteiger charge is -2.36. The van der Waals surface area contributed by atoms with Gasteiger partial charge in [0, 0.05) is 31.5 Å². The van der Waals surface area contributed by atoms with Crippen LogP contribution in [0.4, 0.5) is 0 Å². The van der Waals surface area contributed by atoms with Crippen LogP contribution < -0.4 is 5.32 Å². The number of ether oxygens (including phenoxy) is 1. The first kappa shape index (κ1) is 13.3. The van der Waals surface area contributed by atoms with Gasteiger partial charge in [-0.2, -0.15) is 0 Å². The van der Waals surface area contributed by atoms with Gasteiger partial charge in [0.1, 0.15) is 0 Å². The highest BCUT2D eigenvalue weighted by Crippen LogP contribution is 2.22. The molecule has 0 saturated carbocycles. The van der Waals surface area contributed by atoms with Crippen LogP contribution in [0.3, 0.4) is 0 Å². The van der Waals surface area contributed by atoms with Crippen molar-refractivity contribution in [3.63, 3.8) is 0 Å². The van der Waals surface area contributed by atoms with Gasteiger partial charge < -0.3 is 10.1 Å². The first-order chi connectivity index (χ1) is 8.65. The van der Waals surface area contributed by atoms with Gasteiger partial charge in [-0.1, -0.05) is 0 Å². The van der Waals surface area contributed by atoms with Crippen LogP contribution >= 0.6 is 11.6 Å². The van der Waals surface area contributed by atoms with E-state index in [1.54, 1.807) is 12.4 Å². The molecule has 0 unspecified atom stereocenters. The Morgan fingerprint density at radius 2 is 2.22 bits per heavy atom. The van der Waals surface area contributed by atoms with E-state index in [2.05, 4.69) is 10.3 Å². The van der Waals surface area contributed by atoms with Gasteiger partial charge in [-0.15, -0.1) is 11.6 Å². The number of pyridine rings is 1. The third kappa shape index (κ3) is 3.00. The van der Waals surface area contributed by atoms with Crippen LogP contribution in [0.5, 0.6) is 0 Å². The summed E-state index contributed by atoms with van der Waals surface area (Å²) < 4.78 is 5.31. The number of carbonyl (C=O) groups excluding carboxylic acids is 1. The zero-order chi connectivity index (χ0) is 13.0. The summed E-state index contributed by atoms with van der Waals surface area (Å²) in [7, 11) is 0. The van der Waals surface area contributed by atoms with Crippen molar-refractivity contribution in [2.24, 2.45) is 0 Å². The standard InChI is InChI=1S/C13H17ClN2O2/c1-10-6-11(8-15-7-10)12(17)16-13(9-14)2-4-18-5-3-13/h6-8H,2-5,9H2,1H3,(H,16,17). The number of rotatable bonds is 3. The van der Waals surface area contributed by atoms with Crippen molar-refractivity contribution < 1.29 is 9.53 Å². The zero-order valence-corrected chi connectivity index (χ0v) is 11.2. The molecule has 2 rings (SSSR count). The lowest BCUT2D eigenvalue weighted by molar-refractivity contribution is 0.0433. The van der Waals surface area contributed by atoms with E-state index in [4.69, 9.17) is 16.3 Å². The molecule has 0 bridgehead atoms. The highest BCUT2D eigenvalue weighted by atomic mass is 35.5. The van der Waals surface area contributed by atoms with Crippen molar-refractivity contribution in [2.75, 3.05) is 19.1 Å². The fourth-order valence-electron chi connectivity index (χ4n) is 2.05. The third-order valence-corrected chi connectivity index (χ3v) is 3.73. The number of hydrogen-bond donors (Lipinski definition) is 1. The zero-order valence-electron chi connectivity index (χ0n) is 10.4. The molecule has 1 fully saturated rings. The predicted octanol–water partition coefficient (Wildman–Crippen LogP) is 1.91. The Morgan fingerprint density at radius 3 is 2.83 bits per heavy atom. The molecule has 1 saturated heterocycles. The molecule has 18 heavy (non-hydrogen) atoms. The van der Waals surface area contributed by atoms with Crippen LogP contribution in [0.25, 0.3) is 0 Å². The molecular weight excluding hydrogens is 252 g/mol. The van der Waals surface area contributed by atoms with Gasteiger partial charge in [0.15, 0.2) is 0 Å². The largest absolute Gasteiger partial charge is 0.381 e. The van der Waals surface area contributed by atoms with Crippen molar-refractivity contribution in [3.8, 4) is 0 Å². The van der Waals surface area contributed by atoms with E-state index in [0.717, 1.165) is 18.4 Å². The average molecular weight is 269 g/mol. The van der Waals surface area contributed by atoms with E-state index in [0.29, 0.717) is 24.7 Å². The fourth-order valence-corrected chi connectivity index (χ4v) is 2.38. The van der Waals surface area contributed by atoms with Crippen LogP contribution in [0.15, 0.2) is 18.5 Å². The number of aryl methyl sites for hydroxylation is 1. The van der Waals surface area contributed by atoms with Gasteiger partial charge in [-0.3, -0.25) is 9.78 Å². The number of aromatic nitrogens is 1. The lowest BCUT2D eigenvalue weighted by Crippen LogP contribution is -2.53. The second-order valence-electron chi connectivity index (χ2n) is 4.73. The van der Waals surface area contributed by atoms with E-state index in [1.807, 2.05) is 13.0 Å². The molecule has 1 aromatic rings. The van der Waals surface area contributed by atoms with Crippen LogP contribution in [-0.4, -0.2) is 35.5 Å². The van der Waals surface area contributed by atoms with Crippen molar-refractivity contribution in [3.05, 3.63) is 29.6 Å². The lowest BCUT2D eigenvalue weighted by atomic mass is 9.92. The molecule has 0 radical (unpaired) electrons. The number of nitrogens with one attached hydrogen (secondary N) is 1. The van der Waals surface area contributed by atoms with E-state index >= 15 is 0 Å². The maximum Gasteiger partial charge on any atom is 0.253 e. The summed E-state index contributed by atoms with van der Waals surface area (Å²) in [6.07, 6.45) is 4.80. The Bertz CT molecular complexity index is 431. The molecule has 0 aromatic carbocycles. The molecule has 0 atom stereocenters. The number of hydrogen-bond acceptors (Lipinski definition) is 3. The van der Waals surface area contributed by atoms with Gasteiger partial charge in [0.2, 0.25) is 0 Å². The fraction of sp³-hybridized carbons (Fsp3) is 0.538. The second kappa shape index (κ2) is 5.67. The first-order valence-electron chi connectivity index (χ1n) is 6.03. The first-order valence-corrected chi connectivity index (χ1v) is 6.57. The van der Waals surface area contributed by atoms with Crippen molar-refractivity contribution in [2.45, 2.75) is 25.3 Å². The summed E-state index contributed by atoms with van der Waals surface area (Å²) in [4.78, 5) is 16.2.